The van der Waals surface area contributed by atoms with Gasteiger partial charge in [0, 0.05) is 31.2 Å². The van der Waals surface area contributed by atoms with Gasteiger partial charge in [-0.3, -0.25) is 4.44 Å². The Balaban J connectivity index is 1.40. The molecule has 0 spiro atoms. The zero-order valence-electron chi connectivity index (χ0n) is 22.7. The summed E-state index contributed by atoms with van der Waals surface area (Å²) >= 11 is 0. The molecule has 0 aromatic heterocycles. The van der Waals surface area contributed by atoms with Crippen molar-refractivity contribution in [3.63, 3.8) is 0 Å². The van der Waals surface area contributed by atoms with Crippen LogP contribution in [0, 0.1) is 12.7 Å². The van der Waals surface area contributed by atoms with Gasteiger partial charge < -0.3 is 0 Å². The molecule has 2 heterocycles. The van der Waals surface area contributed by atoms with Gasteiger partial charge in [0.15, 0.2) is 0 Å². The number of hydrogen-bond donors (Lipinski definition) is 0. The molecular weight excluding hydrogens is 515 g/mol. The van der Waals surface area contributed by atoms with E-state index in [1.165, 1.54) is 60.5 Å². The summed E-state index contributed by atoms with van der Waals surface area (Å²) in [6.07, 6.45) is 8.53. The van der Waals surface area contributed by atoms with E-state index in [1.807, 2.05) is 12.1 Å². The van der Waals surface area contributed by atoms with Crippen LogP contribution in [-0.4, -0.2) is 11.0 Å². The van der Waals surface area contributed by atoms with Crippen molar-refractivity contribution in [2.24, 2.45) is 0 Å². The van der Waals surface area contributed by atoms with E-state index in [0.29, 0.717) is 11.3 Å². The quantitative estimate of drug-likeness (QED) is 0.229. The fourth-order valence-corrected chi connectivity index (χ4v) is 14.7. The Morgan fingerprint density at radius 2 is 1.44 bits per heavy atom. The summed E-state index contributed by atoms with van der Waals surface area (Å²) in [6.45, 7) is 3.19. The van der Waals surface area contributed by atoms with Gasteiger partial charge >= 0.3 is 0 Å². The molecule has 2 unspecified atom stereocenters. The van der Waals surface area contributed by atoms with Gasteiger partial charge in [0.05, 0.1) is 0 Å². The van der Waals surface area contributed by atoms with Crippen LogP contribution >= 0.6 is 16.1 Å². The summed E-state index contributed by atoms with van der Waals surface area (Å²) in [5.41, 5.74) is 10.0. The van der Waals surface area contributed by atoms with E-state index in [4.69, 9.17) is 0 Å². The van der Waals surface area contributed by atoms with Gasteiger partial charge in [-0.2, -0.15) is 0 Å². The Labute approximate surface area is 235 Å². The van der Waals surface area contributed by atoms with Crippen molar-refractivity contribution in [3.05, 3.63) is 130 Å². The molecule has 0 radical (unpaired) electrons. The lowest BCUT2D eigenvalue weighted by atomic mass is 9.89. The fourth-order valence-electron chi connectivity index (χ4n) is 7.13. The normalized spacial score (nSPS) is 23.4. The standard InChI is InChI=1S/C35H36FNP2/c1-25-10-2-8-16-32(25)38(35-17-9-7-15-31(35)36)37-23-22-27-12-5-6-14-30(27)34-21-20-33(39(34)37)29-19-18-26-11-3-4-13-28(26)24-29/h2,5-10,12,14-19,24,33-34H,3-4,11,13,20-23H2,1H3/t33-,34-,38?,39?/m0/s1. The lowest BCUT2D eigenvalue weighted by Crippen LogP contribution is -2.30. The monoisotopic (exact) mass is 551 g/mol. The van der Waals surface area contributed by atoms with Crippen LogP contribution in [0.4, 0.5) is 4.39 Å². The van der Waals surface area contributed by atoms with Crippen LogP contribution in [0.2, 0.25) is 0 Å². The summed E-state index contributed by atoms with van der Waals surface area (Å²) < 4.78 is 18.6. The minimum atomic E-state index is -1.00. The second kappa shape index (κ2) is 10.9. The number of benzene rings is 4. The van der Waals surface area contributed by atoms with Crippen molar-refractivity contribution in [1.29, 1.82) is 0 Å². The fraction of sp³-hybridized carbons (Fsp3) is 0.314. The van der Waals surface area contributed by atoms with Crippen LogP contribution in [0.25, 0.3) is 0 Å². The SMILES string of the molecule is Cc1ccccc1P(c1ccccc1F)N1CCc2ccccc2[C@@H]2CC[C@@H](c3ccc4c(c3)CCCC4)P21. The zero-order valence-corrected chi connectivity index (χ0v) is 24.5. The van der Waals surface area contributed by atoms with Crippen LogP contribution in [-0.2, 0) is 19.3 Å². The first-order chi connectivity index (χ1) is 19.2. The molecule has 0 bridgehead atoms. The molecule has 1 nitrogen and oxygen atoms in total. The van der Waals surface area contributed by atoms with Crippen molar-refractivity contribution in [2.75, 3.05) is 6.54 Å². The van der Waals surface area contributed by atoms with Gasteiger partial charge in [-0.25, -0.2) is 4.39 Å². The molecular formula is C35H36FNP2. The van der Waals surface area contributed by atoms with E-state index in [2.05, 4.69) is 84.2 Å². The molecule has 39 heavy (non-hydrogen) atoms. The number of fused-ring (bicyclic) bond motifs is 4. The van der Waals surface area contributed by atoms with Gasteiger partial charge in [-0.1, -0.05) is 78.9 Å². The van der Waals surface area contributed by atoms with E-state index in [1.54, 1.807) is 22.8 Å². The Kier molecular flexibility index (Phi) is 7.15. The van der Waals surface area contributed by atoms with Crippen molar-refractivity contribution < 1.29 is 4.39 Å². The maximum absolute atomic E-state index is 15.7. The molecule has 7 rings (SSSR count). The van der Waals surface area contributed by atoms with E-state index in [-0.39, 0.29) is 5.82 Å². The summed E-state index contributed by atoms with van der Waals surface area (Å²) in [4.78, 5) is 0. The summed E-state index contributed by atoms with van der Waals surface area (Å²) in [6, 6.07) is 32.9. The number of rotatable bonds is 4. The maximum atomic E-state index is 15.7. The van der Waals surface area contributed by atoms with Gasteiger partial charge in [-0.15, -0.1) is 0 Å². The minimum Gasteiger partial charge on any atom is -0.251 e. The molecule has 1 fully saturated rings. The molecule has 0 N–H and O–H groups in total. The lowest BCUT2D eigenvalue weighted by Gasteiger charge is -2.41. The number of nitrogens with zero attached hydrogens (tertiary/aromatic N) is 1. The Bertz CT molecular complexity index is 1450. The largest absolute Gasteiger partial charge is 0.251 e. The highest BCUT2D eigenvalue weighted by Gasteiger charge is 2.46. The summed E-state index contributed by atoms with van der Waals surface area (Å²) in [5.74, 6) is -0.0651. The van der Waals surface area contributed by atoms with E-state index >= 15 is 4.39 Å². The molecule has 3 aliphatic rings. The second-order valence-corrected chi connectivity index (χ2v) is 16.2. The smallest absolute Gasteiger partial charge is 0.132 e. The molecule has 4 atom stereocenters. The van der Waals surface area contributed by atoms with Gasteiger partial charge in [0.2, 0.25) is 0 Å². The highest BCUT2D eigenvalue weighted by atomic mass is 31.2. The predicted octanol–water partition coefficient (Wildman–Crippen LogP) is 8.89. The van der Waals surface area contributed by atoms with Crippen LogP contribution in [0.15, 0.2) is 91.0 Å². The molecule has 198 valence electrons. The van der Waals surface area contributed by atoms with E-state index < -0.39 is 16.1 Å². The van der Waals surface area contributed by atoms with Crippen LogP contribution in [0.3, 0.4) is 0 Å². The number of hydrogen-bond acceptors (Lipinski definition) is 1. The summed E-state index contributed by atoms with van der Waals surface area (Å²) in [7, 11) is -1.57. The van der Waals surface area contributed by atoms with Crippen molar-refractivity contribution in [3.8, 4) is 0 Å². The molecule has 1 saturated heterocycles. The third kappa shape index (κ3) is 4.70. The average molecular weight is 552 g/mol. The third-order valence-electron chi connectivity index (χ3n) is 9.03. The minimum absolute atomic E-state index is 0.0651. The predicted molar refractivity (Wildman–Crippen MR) is 165 cm³/mol. The lowest BCUT2D eigenvalue weighted by molar-refractivity contribution is 0.633. The first-order valence-electron chi connectivity index (χ1n) is 14.5. The van der Waals surface area contributed by atoms with Crippen LogP contribution in [0.5, 0.6) is 0 Å². The van der Waals surface area contributed by atoms with Gasteiger partial charge in [0.25, 0.3) is 0 Å². The van der Waals surface area contributed by atoms with Gasteiger partial charge in [0.1, 0.15) is 5.82 Å². The Morgan fingerprint density at radius 3 is 2.28 bits per heavy atom. The molecule has 0 saturated carbocycles. The highest BCUT2D eigenvalue weighted by molar-refractivity contribution is 7.79. The van der Waals surface area contributed by atoms with Crippen molar-refractivity contribution in [2.45, 2.75) is 63.2 Å². The van der Waals surface area contributed by atoms with Crippen molar-refractivity contribution in [1.82, 2.24) is 4.44 Å². The molecule has 4 aromatic carbocycles. The molecule has 4 heteroatoms. The molecule has 1 aliphatic carbocycles. The van der Waals surface area contributed by atoms with E-state index in [0.717, 1.165) is 18.3 Å². The van der Waals surface area contributed by atoms with Gasteiger partial charge in [-0.05, 0) is 111 Å². The molecule has 4 aromatic rings. The number of halogens is 1. The third-order valence-corrected chi connectivity index (χ3v) is 15.7. The first kappa shape index (κ1) is 25.6. The Morgan fingerprint density at radius 1 is 0.718 bits per heavy atom. The van der Waals surface area contributed by atoms with E-state index in [9.17, 15) is 0 Å². The maximum Gasteiger partial charge on any atom is 0.132 e. The highest BCUT2D eigenvalue weighted by Crippen LogP contribution is 2.77. The zero-order chi connectivity index (χ0) is 26.3. The molecule has 0 amide bonds. The second-order valence-electron chi connectivity index (χ2n) is 11.3. The van der Waals surface area contributed by atoms with Crippen LogP contribution in [0.1, 0.15) is 70.4 Å². The topological polar surface area (TPSA) is 3.24 Å². The van der Waals surface area contributed by atoms with Crippen molar-refractivity contribution >= 4 is 26.8 Å². The average Bonchev–Trinajstić information content (AvgIpc) is 3.34. The first-order valence-corrected chi connectivity index (χ1v) is 17.3. The van der Waals surface area contributed by atoms with Crippen LogP contribution < -0.4 is 10.6 Å². The summed E-state index contributed by atoms with van der Waals surface area (Å²) in [5, 5.41) is 2.19. The Hall–Kier alpha value is -2.37. The number of aryl methyl sites for hydroxylation is 3. The molecule has 2 aliphatic heterocycles.